The van der Waals surface area contributed by atoms with Crippen LogP contribution in [0.5, 0.6) is 0 Å². The van der Waals surface area contributed by atoms with Crippen molar-refractivity contribution in [2.75, 3.05) is 26.2 Å². The second-order valence-corrected chi connectivity index (χ2v) is 6.17. The molecule has 0 aliphatic carbocycles. The number of halogens is 1. The molecule has 22 heavy (non-hydrogen) atoms. The number of benzene rings is 1. The zero-order valence-corrected chi connectivity index (χ0v) is 14.0. The van der Waals surface area contributed by atoms with Crippen LogP contribution in [-0.2, 0) is 4.79 Å². The maximum absolute atomic E-state index is 12.4. The van der Waals surface area contributed by atoms with E-state index in [2.05, 4.69) is 22.8 Å². The highest BCUT2D eigenvalue weighted by molar-refractivity contribution is 5.85. The molecule has 0 saturated carbocycles. The summed E-state index contributed by atoms with van der Waals surface area (Å²) in [5.74, 6) is 0.286. The van der Waals surface area contributed by atoms with Gasteiger partial charge in [-0.2, -0.15) is 0 Å². The molecule has 0 radical (unpaired) electrons. The number of hydrogen-bond acceptors (Lipinski definition) is 3. The summed E-state index contributed by atoms with van der Waals surface area (Å²) < 4.78 is 0. The van der Waals surface area contributed by atoms with Crippen LogP contribution < -0.4 is 10.6 Å². The number of rotatable bonds is 6. The lowest BCUT2D eigenvalue weighted by Crippen LogP contribution is -2.49. The Kier molecular flexibility index (Phi) is 7.87. The summed E-state index contributed by atoms with van der Waals surface area (Å²) in [5, 5.41) is 15.6. The number of carbonyl (C=O) groups excluding carboxylic acids is 1. The van der Waals surface area contributed by atoms with Gasteiger partial charge in [0.25, 0.3) is 0 Å². The summed E-state index contributed by atoms with van der Waals surface area (Å²) in [6.07, 6.45) is 2.64. The van der Waals surface area contributed by atoms with Gasteiger partial charge in [-0.15, -0.1) is 12.4 Å². The Morgan fingerprint density at radius 3 is 2.73 bits per heavy atom. The lowest BCUT2D eigenvalue weighted by molar-refractivity contribution is -0.131. The van der Waals surface area contributed by atoms with Gasteiger partial charge in [0.2, 0.25) is 5.91 Å². The van der Waals surface area contributed by atoms with Crippen LogP contribution in [0.3, 0.4) is 0 Å². The van der Waals surface area contributed by atoms with Crippen LogP contribution in [0.2, 0.25) is 0 Å². The van der Waals surface area contributed by atoms with E-state index in [9.17, 15) is 9.90 Å². The molecular formula is C17H27ClN2O2. The highest BCUT2D eigenvalue weighted by Crippen LogP contribution is 2.26. The van der Waals surface area contributed by atoms with Gasteiger partial charge in [-0.1, -0.05) is 30.3 Å². The molecule has 1 amide bonds. The molecule has 1 aliphatic rings. The van der Waals surface area contributed by atoms with Crippen LogP contribution in [-0.4, -0.2) is 37.3 Å². The highest BCUT2D eigenvalue weighted by atomic mass is 35.5. The van der Waals surface area contributed by atoms with Crippen molar-refractivity contribution in [1.82, 2.24) is 10.6 Å². The Labute approximate surface area is 139 Å². The smallest absolute Gasteiger partial charge is 0.227 e. The molecule has 2 unspecified atom stereocenters. The molecule has 0 spiro atoms. The molecule has 2 atom stereocenters. The predicted molar refractivity (Wildman–Crippen MR) is 91.4 cm³/mol. The molecule has 1 aromatic rings. The van der Waals surface area contributed by atoms with Gasteiger partial charge in [0.1, 0.15) is 0 Å². The topological polar surface area (TPSA) is 61.4 Å². The molecule has 1 aromatic carbocycles. The lowest BCUT2D eigenvalue weighted by atomic mass is 9.81. The average molecular weight is 327 g/mol. The maximum atomic E-state index is 12.4. The first-order chi connectivity index (χ1) is 10.2. The Hall–Kier alpha value is -1.10. The van der Waals surface area contributed by atoms with Crippen LogP contribution in [0.25, 0.3) is 0 Å². The largest absolute Gasteiger partial charge is 0.396 e. The van der Waals surface area contributed by atoms with Crippen LogP contribution in [0.15, 0.2) is 30.3 Å². The van der Waals surface area contributed by atoms with Crippen molar-refractivity contribution < 1.29 is 9.90 Å². The maximum Gasteiger partial charge on any atom is 0.227 e. The minimum atomic E-state index is -0.307. The van der Waals surface area contributed by atoms with Gasteiger partial charge in [-0.25, -0.2) is 0 Å². The van der Waals surface area contributed by atoms with E-state index in [1.54, 1.807) is 0 Å². The van der Waals surface area contributed by atoms with Crippen molar-refractivity contribution in [1.29, 1.82) is 0 Å². The van der Waals surface area contributed by atoms with E-state index in [0.717, 1.165) is 25.9 Å². The van der Waals surface area contributed by atoms with Crippen LogP contribution in [0.1, 0.15) is 37.7 Å². The van der Waals surface area contributed by atoms with Gasteiger partial charge in [0.05, 0.1) is 5.41 Å². The van der Waals surface area contributed by atoms with Crippen LogP contribution in [0.4, 0.5) is 0 Å². The first-order valence-electron chi connectivity index (χ1n) is 7.80. The lowest BCUT2D eigenvalue weighted by Gasteiger charge is -2.33. The van der Waals surface area contributed by atoms with Crippen molar-refractivity contribution in [3.8, 4) is 0 Å². The third-order valence-electron chi connectivity index (χ3n) is 4.40. The molecule has 2 rings (SSSR count). The van der Waals surface area contributed by atoms with Gasteiger partial charge < -0.3 is 15.7 Å². The van der Waals surface area contributed by atoms with Crippen LogP contribution >= 0.6 is 12.4 Å². The standard InChI is InChI=1S/C17H26N2O2.ClH/c1-17(9-5-10-18-13-17)16(21)19-12-15(8-11-20)14-6-3-2-4-7-14;/h2-4,6-7,15,18,20H,5,8-13H2,1H3,(H,19,21);1H. The van der Waals surface area contributed by atoms with Crippen LogP contribution in [0, 0.1) is 5.41 Å². The number of nitrogens with one attached hydrogen (secondary N) is 2. The van der Waals surface area contributed by atoms with Crippen molar-refractivity contribution in [3.05, 3.63) is 35.9 Å². The number of aliphatic hydroxyl groups excluding tert-OH is 1. The van der Waals surface area contributed by atoms with E-state index in [-0.39, 0.29) is 36.3 Å². The molecule has 1 heterocycles. The minimum absolute atomic E-state index is 0. The SMILES string of the molecule is CC1(C(=O)NCC(CCO)c2ccccc2)CCCNC1.Cl. The van der Waals surface area contributed by atoms with E-state index in [0.29, 0.717) is 13.0 Å². The summed E-state index contributed by atoms with van der Waals surface area (Å²) in [6, 6.07) is 10.1. The second-order valence-electron chi connectivity index (χ2n) is 6.17. The number of piperidine rings is 1. The fraction of sp³-hybridized carbons (Fsp3) is 0.588. The monoisotopic (exact) mass is 326 g/mol. The zero-order chi connectivity index (χ0) is 15.1. The Morgan fingerprint density at radius 2 is 2.14 bits per heavy atom. The van der Waals surface area contributed by atoms with E-state index in [1.165, 1.54) is 5.56 Å². The number of hydrogen-bond donors (Lipinski definition) is 3. The fourth-order valence-corrected chi connectivity index (χ4v) is 2.95. The van der Waals surface area contributed by atoms with Crippen molar-refractivity contribution in [2.45, 2.75) is 32.1 Å². The second kappa shape index (κ2) is 9.13. The first-order valence-corrected chi connectivity index (χ1v) is 7.80. The average Bonchev–Trinajstić information content (AvgIpc) is 2.52. The molecule has 3 N–H and O–H groups in total. The number of amides is 1. The number of aliphatic hydroxyl groups is 1. The van der Waals surface area contributed by atoms with Gasteiger partial charge >= 0.3 is 0 Å². The summed E-state index contributed by atoms with van der Waals surface area (Å²) >= 11 is 0. The number of carbonyl (C=O) groups is 1. The van der Waals surface area contributed by atoms with Crippen molar-refractivity contribution in [2.24, 2.45) is 5.41 Å². The van der Waals surface area contributed by atoms with Gasteiger partial charge in [0, 0.05) is 25.6 Å². The van der Waals surface area contributed by atoms with E-state index in [1.807, 2.05) is 25.1 Å². The molecule has 124 valence electrons. The zero-order valence-electron chi connectivity index (χ0n) is 13.2. The fourth-order valence-electron chi connectivity index (χ4n) is 2.95. The van der Waals surface area contributed by atoms with E-state index < -0.39 is 0 Å². The molecule has 5 heteroatoms. The molecule has 4 nitrogen and oxygen atoms in total. The van der Waals surface area contributed by atoms with Crippen molar-refractivity contribution in [3.63, 3.8) is 0 Å². The van der Waals surface area contributed by atoms with Crippen molar-refractivity contribution >= 4 is 18.3 Å². The summed E-state index contributed by atoms with van der Waals surface area (Å²) in [4.78, 5) is 12.4. The molecular weight excluding hydrogens is 300 g/mol. The molecule has 0 bridgehead atoms. The van der Waals surface area contributed by atoms with Gasteiger partial charge in [-0.3, -0.25) is 4.79 Å². The van der Waals surface area contributed by atoms with Gasteiger partial charge in [0.15, 0.2) is 0 Å². The molecule has 1 aliphatic heterocycles. The van der Waals surface area contributed by atoms with E-state index in [4.69, 9.17) is 0 Å². The third kappa shape index (κ3) is 4.97. The summed E-state index contributed by atoms with van der Waals surface area (Å²) in [5.41, 5.74) is 0.859. The Morgan fingerprint density at radius 1 is 1.41 bits per heavy atom. The van der Waals surface area contributed by atoms with E-state index >= 15 is 0 Å². The molecule has 1 fully saturated rings. The third-order valence-corrected chi connectivity index (χ3v) is 4.40. The summed E-state index contributed by atoms with van der Waals surface area (Å²) in [7, 11) is 0. The molecule has 1 saturated heterocycles. The normalized spacial score (nSPS) is 22.5. The Bertz CT molecular complexity index is 447. The Balaban J connectivity index is 0.00000242. The first kappa shape index (κ1) is 18.9. The summed E-state index contributed by atoms with van der Waals surface area (Å²) in [6.45, 7) is 4.49. The predicted octanol–water partition coefficient (Wildman–Crippen LogP) is 2.08. The van der Waals surface area contributed by atoms with Gasteiger partial charge in [-0.05, 0) is 38.3 Å². The molecule has 0 aromatic heterocycles. The minimum Gasteiger partial charge on any atom is -0.396 e. The highest BCUT2D eigenvalue weighted by Gasteiger charge is 2.34. The quantitative estimate of drug-likeness (QED) is 0.750.